The molecule has 0 aromatic rings. The maximum Gasteiger partial charge on any atom is 0.335 e. The summed E-state index contributed by atoms with van der Waals surface area (Å²) in [5, 5.41) is 3.29. The van der Waals surface area contributed by atoms with Crippen molar-refractivity contribution in [2.45, 2.75) is 18.9 Å². The van der Waals surface area contributed by atoms with Gasteiger partial charge in [-0.3, -0.25) is 4.90 Å². The molecule has 2 rings (SSSR count). The summed E-state index contributed by atoms with van der Waals surface area (Å²) in [5.74, 6) is -0.187. The van der Waals surface area contributed by atoms with E-state index in [1.165, 1.54) is 0 Å². The first kappa shape index (κ1) is 11.8. The number of esters is 1. The van der Waals surface area contributed by atoms with E-state index in [1.807, 2.05) is 0 Å². The summed E-state index contributed by atoms with van der Waals surface area (Å²) in [6.45, 7) is 6.14. The highest BCUT2D eigenvalue weighted by Gasteiger charge is 2.24. The lowest BCUT2D eigenvalue weighted by molar-refractivity contribution is -0.154. The Labute approximate surface area is 96.1 Å². The fourth-order valence-electron chi connectivity index (χ4n) is 2.07. The molecule has 0 aromatic heterocycles. The molecule has 2 aliphatic rings. The van der Waals surface area contributed by atoms with Gasteiger partial charge in [0.15, 0.2) is 6.10 Å². The summed E-state index contributed by atoms with van der Waals surface area (Å²) in [4.78, 5) is 13.8. The van der Waals surface area contributed by atoms with Gasteiger partial charge in [0.1, 0.15) is 6.61 Å². The highest BCUT2D eigenvalue weighted by Crippen LogP contribution is 2.13. The highest BCUT2D eigenvalue weighted by molar-refractivity contribution is 5.74. The number of nitrogens with one attached hydrogen (secondary N) is 1. The predicted octanol–water partition coefficient (Wildman–Crippen LogP) is -0.386. The number of carbonyl (C=O) groups is 1. The zero-order valence-electron chi connectivity index (χ0n) is 9.61. The molecule has 0 radical (unpaired) electrons. The van der Waals surface area contributed by atoms with Gasteiger partial charge in [-0.15, -0.1) is 0 Å². The first-order chi connectivity index (χ1) is 7.86. The zero-order valence-corrected chi connectivity index (χ0v) is 9.61. The van der Waals surface area contributed by atoms with Crippen molar-refractivity contribution < 1.29 is 14.3 Å². The first-order valence-electron chi connectivity index (χ1n) is 6.07. The Morgan fingerprint density at radius 2 is 2.25 bits per heavy atom. The topological polar surface area (TPSA) is 50.8 Å². The van der Waals surface area contributed by atoms with Crippen molar-refractivity contribution in [3.05, 3.63) is 0 Å². The largest absolute Gasteiger partial charge is 0.462 e. The van der Waals surface area contributed by atoms with Crippen molar-refractivity contribution in [1.82, 2.24) is 10.2 Å². The van der Waals surface area contributed by atoms with Crippen LogP contribution in [0.15, 0.2) is 0 Å². The number of nitrogens with zero attached hydrogens (tertiary/aromatic N) is 1. The molecular weight excluding hydrogens is 208 g/mol. The average Bonchev–Trinajstić information content (AvgIpc) is 2.84. The molecule has 1 unspecified atom stereocenters. The Bertz CT molecular complexity index is 223. The van der Waals surface area contributed by atoms with Crippen LogP contribution in [0.25, 0.3) is 0 Å². The Kier molecular flexibility index (Phi) is 4.56. The number of carbonyl (C=O) groups excluding carboxylic acids is 1. The zero-order chi connectivity index (χ0) is 11.2. The normalized spacial score (nSPS) is 26.9. The summed E-state index contributed by atoms with van der Waals surface area (Å²) in [6.07, 6.45) is 1.48. The highest BCUT2D eigenvalue weighted by atomic mass is 16.6. The maximum absolute atomic E-state index is 11.5. The molecule has 1 N–H and O–H groups in total. The molecule has 2 aliphatic heterocycles. The molecule has 0 saturated carbocycles. The van der Waals surface area contributed by atoms with Crippen molar-refractivity contribution in [3.63, 3.8) is 0 Å². The van der Waals surface area contributed by atoms with Crippen LogP contribution in [-0.2, 0) is 14.3 Å². The van der Waals surface area contributed by atoms with Crippen LogP contribution in [0.2, 0.25) is 0 Å². The molecule has 92 valence electrons. The molecule has 0 aromatic carbocycles. The SMILES string of the molecule is O=C(OCCN1CCNCC1)C1CCCO1. The second-order valence-electron chi connectivity index (χ2n) is 4.26. The summed E-state index contributed by atoms with van der Waals surface area (Å²) < 4.78 is 10.5. The van der Waals surface area contributed by atoms with Crippen LogP contribution in [-0.4, -0.2) is 62.9 Å². The van der Waals surface area contributed by atoms with E-state index in [0.29, 0.717) is 13.2 Å². The van der Waals surface area contributed by atoms with Gasteiger partial charge in [0.2, 0.25) is 0 Å². The third-order valence-corrected chi connectivity index (χ3v) is 3.05. The summed E-state index contributed by atoms with van der Waals surface area (Å²) in [7, 11) is 0. The van der Waals surface area contributed by atoms with Crippen molar-refractivity contribution in [2.75, 3.05) is 45.9 Å². The number of hydrogen-bond acceptors (Lipinski definition) is 5. The number of ether oxygens (including phenoxy) is 2. The van der Waals surface area contributed by atoms with Crippen molar-refractivity contribution >= 4 is 5.97 Å². The molecule has 0 spiro atoms. The van der Waals surface area contributed by atoms with E-state index in [9.17, 15) is 4.79 Å². The third-order valence-electron chi connectivity index (χ3n) is 3.05. The van der Waals surface area contributed by atoms with Crippen LogP contribution in [0.3, 0.4) is 0 Å². The van der Waals surface area contributed by atoms with Crippen LogP contribution in [0.4, 0.5) is 0 Å². The van der Waals surface area contributed by atoms with E-state index in [-0.39, 0.29) is 12.1 Å². The molecule has 0 aliphatic carbocycles. The van der Waals surface area contributed by atoms with Crippen LogP contribution in [0.1, 0.15) is 12.8 Å². The number of rotatable bonds is 4. The molecular formula is C11H20N2O3. The molecule has 2 saturated heterocycles. The second kappa shape index (κ2) is 6.18. The lowest BCUT2D eigenvalue weighted by Crippen LogP contribution is -2.44. The predicted molar refractivity (Wildman–Crippen MR) is 59.2 cm³/mol. The van der Waals surface area contributed by atoms with Crippen molar-refractivity contribution in [1.29, 1.82) is 0 Å². The van der Waals surface area contributed by atoms with Crippen LogP contribution in [0, 0.1) is 0 Å². The smallest absolute Gasteiger partial charge is 0.335 e. The standard InChI is InChI=1S/C11H20N2O3/c14-11(10-2-1-8-15-10)16-9-7-13-5-3-12-4-6-13/h10,12H,1-9H2. The van der Waals surface area contributed by atoms with E-state index >= 15 is 0 Å². The van der Waals surface area contributed by atoms with E-state index in [4.69, 9.17) is 9.47 Å². The van der Waals surface area contributed by atoms with Gasteiger partial charge in [0.05, 0.1) is 0 Å². The van der Waals surface area contributed by atoms with Crippen LogP contribution >= 0.6 is 0 Å². The Morgan fingerprint density at radius 3 is 2.94 bits per heavy atom. The van der Waals surface area contributed by atoms with Gasteiger partial charge in [0.25, 0.3) is 0 Å². The van der Waals surface area contributed by atoms with E-state index < -0.39 is 0 Å². The van der Waals surface area contributed by atoms with Gasteiger partial charge >= 0.3 is 5.97 Å². The van der Waals surface area contributed by atoms with E-state index in [2.05, 4.69) is 10.2 Å². The van der Waals surface area contributed by atoms with Gasteiger partial charge < -0.3 is 14.8 Å². The molecule has 0 amide bonds. The monoisotopic (exact) mass is 228 g/mol. The summed E-state index contributed by atoms with van der Waals surface area (Å²) >= 11 is 0. The Balaban J connectivity index is 1.57. The third kappa shape index (κ3) is 3.43. The van der Waals surface area contributed by atoms with E-state index in [1.54, 1.807) is 0 Å². The summed E-state index contributed by atoms with van der Waals surface area (Å²) in [5.41, 5.74) is 0. The number of piperazine rings is 1. The molecule has 2 heterocycles. The molecule has 0 bridgehead atoms. The number of hydrogen-bond donors (Lipinski definition) is 1. The van der Waals surface area contributed by atoms with Crippen molar-refractivity contribution in [3.8, 4) is 0 Å². The fraction of sp³-hybridized carbons (Fsp3) is 0.909. The first-order valence-corrected chi connectivity index (χ1v) is 6.07. The van der Waals surface area contributed by atoms with Gasteiger partial charge in [-0.1, -0.05) is 0 Å². The van der Waals surface area contributed by atoms with E-state index in [0.717, 1.165) is 45.6 Å². The molecule has 16 heavy (non-hydrogen) atoms. The van der Waals surface area contributed by atoms with Crippen LogP contribution in [0.5, 0.6) is 0 Å². The summed E-state index contributed by atoms with van der Waals surface area (Å²) in [6, 6.07) is 0. The van der Waals surface area contributed by atoms with Crippen molar-refractivity contribution in [2.24, 2.45) is 0 Å². The minimum atomic E-state index is -0.303. The van der Waals surface area contributed by atoms with Gasteiger partial charge in [0, 0.05) is 39.3 Å². The molecule has 2 fully saturated rings. The fourth-order valence-corrected chi connectivity index (χ4v) is 2.07. The Morgan fingerprint density at radius 1 is 1.44 bits per heavy atom. The lowest BCUT2D eigenvalue weighted by Gasteiger charge is -2.26. The minimum Gasteiger partial charge on any atom is -0.462 e. The molecule has 1 atom stereocenters. The minimum absolute atomic E-state index is 0.187. The lowest BCUT2D eigenvalue weighted by atomic mass is 10.2. The average molecular weight is 228 g/mol. The maximum atomic E-state index is 11.5. The second-order valence-corrected chi connectivity index (χ2v) is 4.26. The van der Waals surface area contributed by atoms with Gasteiger partial charge in [-0.2, -0.15) is 0 Å². The Hall–Kier alpha value is -0.650. The van der Waals surface area contributed by atoms with Crippen LogP contribution < -0.4 is 5.32 Å². The van der Waals surface area contributed by atoms with Gasteiger partial charge in [-0.05, 0) is 12.8 Å². The quantitative estimate of drug-likeness (QED) is 0.664. The molecule has 5 heteroatoms. The van der Waals surface area contributed by atoms with Gasteiger partial charge in [-0.25, -0.2) is 4.79 Å². The molecule has 5 nitrogen and oxygen atoms in total.